The van der Waals surface area contributed by atoms with E-state index < -0.39 is 0 Å². The highest BCUT2D eigenvalue weighted by Crippen LogP contribution is 2.20. The van der Waals surface area contributed by atoms with Gasteiger partial charge in [-0.1, -0.05) is 12.2 Å². The molecule has 0 aromatic rings. The molecule has 0 bridgehead atoms. The van der Waals surface area contributed by atoms with Crippen molar-refractivity contribution in [3.8, 4) is 0 Å². The number of hydrogen-bond donors (Lipinski definition) is 1. The minimum atomic E-state index is 0.736. The van der Waals surface area contributed by atoms with Crippen molar-refractivity contribution >= 4 is 0 Å². The molecule has 1 atom stereocenters. The average molecular weight is 210 g/mol. The van der Waals surface area contributed by atoms with Gasteiger partial charge in [-0.15, -0.1) is 0 Å². The largest absolute Gasteiger partial charge is 0.381 e. The summed E-state index contributed by atoms with van der Waals surface area (Å²) in [5.74, 6) is 0.736. The highest BCUT2D eigenvalue weighted by atomic mass is 16.5. The van der Waals surface area contributed by atoms with Crippen molar-refractivity contribution in [2.75, 3.05) is 45.9 Å². The van der Waals surface area contributed by atoms with Gasteiger partial charge in [-0.05, 0) is 18.8 Å². The van der Waals surface area contributed by atoms with Gasteiger partial charge in [0.25, 0.3) is 0 Å². The van der Waals surface area contributed by atoms with Crippen LogP contribution in [0.25, 0.3) is 0 Å². The normalized spacial score (nSPS) is 28.1. The lowest BCUT2D eigenvalue weighted by molar-refractivity contribution is 0.185. The molecule has 0 aromatic carbocycles. The third-order valence-corrected chi connectivity index (χ3v) is 3.26. The van der Waals surface area contributed by atoms with Crippen LogP contribution in [-0.4, -0.2) is 50.8 Å². The summed E-state index contributed by atoms with van der Waals surface area (Å²) < 4.78 is 5.38. The second-order valence-electron chi connectivity index (χ2n) is 4.71. The summed E-state index contributed by atoms with van der Waals surface area (Å²) in [4.78, 5) is 2.49. The summed E-state index contributed by atoms with van der Waals surface area (Å²) in [6.07, 6.45) is 2.38. The van der Waals surface area contributed by atoms with Crippen molar-refractivity contribution in [2.45, 2.75) is 12.8 Å². The second kappa shape index (κ2) is 5.64. The van der Waals surface area contributed by atoms with Crippen LogP contribution in [-0.2, 0) is 4.74 Å². The van der Waals surface area contributed by atoms with E-state index in [4.69, 9.17) is 4.74 Å². The highest BCUT2D eigenvalue weighted by molar-refractivity contribution is 5.00. The number of nitrogens with zero attached hydrogens (tertiary/aromatic N) is 1. The van der Waals surface area contributed by atoms with Gasteiger partial charge in [-0.3, -0.25) is 4.90 Å². The van der Waals surface area contributed by atoms with Crippen molar-refractivity contribution in [1.82, 2.24) is 10.2 Å². The van der Waals surface area contributed by atoms with E-state index >= 15 is 0 Å². The van der Waals surface area contributed by atoms with E-state index in [-0.39, 0.29) is 0 Å². The number of piperazine rings is 1. The van der Waals surface area contributed by atoms with Crippen molar-refractivity contribution in [3.63, 3.8) is 0 Å². The van der Waals surface area contributed by atoms with E-state index in [9.17, 15) is 0 Å². The molecule has 2 aliphatic rings. The Morgan fingerprint density at radius 3 is 2.87 bits per heavy atom. The zero-order valence-electron chi connectivity index (χ0n) is 9.50. The highest BCUT2D eigenvalue weighted by Gasteiger charge is 2.18. The number of nitrogens with one attached hydrogen (secondary N) is 1. The van der Waals surface area contributed by atoms with Crippen molar-refractivity contribution in [3.05, 3.63) is 12.2 Å². The molecule has 3 heteroatoms. The zero-order chi connectivity index (χ0) is 10.5. The molecule has 2 fully saturated rings. The topological polar surface area (TPSA) is 24.5 Å². The molecule has 2 heterocycles. The van der Waals surface area contributed by atoms with Gasteiger partial charge >= 0.3 is 0 Å². The zero-order valence-corrected chi connectivity index (χ0v) is 9.50. The van der Waals surface area contributed by atoms with Crippen LogP contribution in [0.2, 0.25) is 0 Å². The average Bonchev–Trinajstić information content (AvgIpc) is 2.71. The Bertz CT molecular complexity index is 206. The lowest BCUT2D eigenvalue weighted by Crippen LogP contribution is -2.44. The van der Waals surface area contributed by atoms with Crippen molar-refractivity contribution in [2.24, 2.45) is 5.92 Å². The third kappa shape index (κ3) is 3.59. The Hall–Kier alpha value is -0.380. The number of ether oxygens (including phenoxy) is 1. The van der Waals surface area contributed by atoms with Crippen LogP contribution in [0.3, 0.4) is 0 Å². The molecule has 0 aliphatic carbocycles. The Morgan fingerprint density at radius 2 is 2.20 bits per heavy atom. The number of hydrogen-bond acceptors (Lipinski definition) is 3. The van der Waals surface area contributed by atoms with Crippen LogP contribution in [0.1, 0.15) is 12.8 Å². The molecule has 0 aromatic heterocycles. The van der Waals surface area contributed by atoms with E-state index in [1.54, 1.807) is 0 Å². The smallest absolute Gasteiger partial charge is 0.0498 e. The van der Waals surface area contributed by atoms with Gasteiger partial charge in [0.2, 0.25) is 0 Å². The number of rotatable bonds is 4. The van der Waals surface area contributed by atoms with Crippen LogP contribution in [0.4, 0.5) is 0 Å². The summed E-state index contributed by atoms with van der Waals surface area (Å²) in [7, 11) is 0. The van der Waals surface area contributed by atoms with Crippen LogP contribution in [0.5, 0.6) is 0 Å². The predicted octanol–water partition coefficient (Wildman–Crippen LogP) is 0.874. The van der Waals surface area contributed by atoms with Gasteiger partial charge in [0, 0.05) is 45.9 Å². The van der Waals surface area contributed by atoms with Gasteiger partial charge in [0.05, 0.1) is 0 Å². The molecule has 0 amide bonds. The maximum atomic E-state index is 5.38. The molecule has 1 N–H and O–H groups in total. The van der Waals surface area contributed by atoms with E-state index in [1.807, 2.05) is 0 Å². The molecule has 2 aliphatic heterocycles. The summed E-state index contributed by atoms with van der Waals surface area (Å²) in [6, 6.07) is 0. The Balaban J connectivity index is 1.66. The Labute approximate surface area is 92.5 Å². The Kier molecular flexibility index (Phi) is 4.18. The fourth-order valence-corrected chi connectivity index (χ4v) is 2.40. The van der Waals surface area contributed by atoms with Gasteiger partial charge in [-0.25, -0.2) is 0 Å². The van der Waals surface area contributed by atoms with Gasteiger partial charge in [-0.2, -0.15) is 0 Å². The first kappa shape index (κ1) is 11.1. The molecule has 1 unspecified atom stereocenters. The lowest BCUT2D eigenvalue weighted by atomic mass is 9.99. The standard InChI is InChI=1S/C12H22N2O/c1-11(8-12-2-7-15-10-12)9-14-5-3-13-4-6-14/h12-13H,1-10H2. The monoisotopic (exact) mass is 210 g/mol. The predicted molar refractivity (Wildman–Crippen MR) is 62.0 cm³/mol. The molecule has 2 rings (SSSR count). The maximum absolute atomic E-state index is 5.38. The molecule has 86 valence electrons. The molecule has 15 heavy (non-hydrogen) atoms. The molecule has 0 radical (unpaired) electrons. The minimum absolute atomic E-state index is 0.736. The first-order valence-electron chi connectivity index (χ1n) is 6.02. The van der Waals surface area contributed by atoms with E-state index in [2.05, 4.69) is 16.8 Å². The summed E-state index contributed by atoms with van der Waals surface area (Å²) in [5.41, 5.74) is 1.38. The van der Waals surface area contributed by atoms with Gasteiger partial charge in [0.15, 0.2) is 0 Å². The SMILES string of the molecule is C=C(CC1CCOC1)CN1CCNCC1. The van der Waals surface area contributed by atoms with Gasteiger partial charge < -0.3 is 10.1 Å². The lowest BCUT2D eigenvalue weighted by Gasteiger charge is -2.28. The fourth-order valence-electron chi connectivity index (χ4n) is 2.40. The first-order valence-corrected chi connectivity index (χ1v) is 6.02. The second-order valence-corrected chi connectivity index (χ2v) is 4.71. The maximum Gasteiger partial charge on any atom is 0.0498 e. The Morgan fingerprint density at radius 1 is 1.40 bits per heavy atom. The van der Waals surface area contributed by atoms with E-state index in [0.717, 1.165) is 45.2 Å². The van der Waals surface area contributed by atoms with Crippen molar-refractivity contribution < 1.29 is 4.74 Å². The summed E-state index contributed by atoms with van der Waals surface area (Å²) in [5, 5.41) is 3.37. The molecule has 0 saturated carbocycles. The third-order valence-electron chi connectivity index (χ3n) is 3.26. The van der Waals surface area contributed by atoms with Crippen molar-refractivity contribution in [1.29, 1.82) is 0 Å². The van der Waals surface area contributed by atoms with E-state index in [1.165, 1.54) is 25.1 Å². The molecule has 2 saturated heterocycles. The summed E-state index contributed by atoms with van der Waals surface area (Å²) >= 11 is 0. The van der Waals surface area contributed by atoms with Crippen LogP contribution >= 0.6 is 0 Å². The quantitative estimate of drug-likeness (QED) is 0.697. The van der Waals surface area contributed by atoms with Gasteiger partial charge in [0.1, 0.15) is 0 Å². The molecular formula is C12H22N2O. The molecular weight excluding hydrogens is 188 g/mol. The minimum Gasteiger partial charge on any atom is -0.381 e. The van der Waals surface area contributed by atoms with Crippen LogP contribution < -0.4 is 5.32 Å². The molecule has 0 spiro atoms. The van der Waals surface area contributed by atoms with E-state index in [0.29, 0.717) is 0 Å². The summed E-state index contributed by atoms with van der Waals surface area (Å²) in [6.45, 7) is 11.8. The van der Waals surface area contributed by atoms with Crippen LogP contribution in [0, 0.1) is 5.92 Å². The molecule has 3 nitrogen and oxygen atoms in total. The fraction of sp³-hybridized carbons (Fsp3) is 0.833. The van der Waals surface area contributed by atoms with Crippen LogP contribution in [0.15, 0.2) is 12.2 Å². The first-order chi connectivity index (χ1) is 7.34.